The van der Waals surface area contributed by atoms with Gasteiger partial charge in [0.2, 0.25) is 0 Å². The fraction of sp³-hybridized carbons (Fsp3) is 0.400. The molecule has 0 radical (unpaired) electrons. The Labute approximate surface area is 101 Å². The molecule has 1 fully saturated rings. The Bertz CT molecular complexity index is 444. The standard InChI is InChI=1S/C10H9BClF3O2/c12-9-7(10(13,14)15)3-6(5-1-2-5)4-8(9)11(16)17/h3-5,16-17H,1-2H2. The van der Waals surface area contributed by atoms with Crippen LogP contribution in [0.1, 0.15) is 29.9 Å². The molecule has 7 heteroatoms. The van der Waals surface area contributed by atoms with Crippen molar-refractivity contribution in [2.75, 3.05) is 0 Å². The van der Waals surface area contributed by atoms with Crippen molar-refractivity contribution >= 4 is 24.2 Å². The van der Waals surface area contributed by atoms with Crippen LogP contribution in [-0.4, -0.2) is 17.2 Å². The van der Waals surface area contributed by atoms with Gasteiger partial charge in [0.05, 0.1) is 10.6 Å². The van der Waals surface area contributed by atoms with E-state index in [4.69, 9.17) is 21.6 Å². The summed E-state index contributed by atoms with van der Waals surface area (Å²) in [4.78, 5) is 0. The molecule has 0 saturated heterocycles. The number of benzene rings is 1. The maximum absolute atomic E-state index is 12.7. The second-order valence-corrected chi connectivity index (χ2v) is 4.50. The zero-order chi connectivity index (χ0) is 12.8. The van der Waals surface area contributed by atoms with Crippen molar-refractivity contribution in [1.82, 2.24) is 0 Å². The summed E-state index contributed by atoms with van der Waals surface area (Å²) in [6.45, 7) is 0. The van der Waals surface area contributed by atoms with Crippen LogP contribution in [0.3, 0.4) is 0 Å². The average Bonchev–Trinajstić information content (AvgIpc) is 2.99. The molecule has 0 bridgehead atoms. The second kappa shape index (κ2) is 4.19. The molecule has 0 amide bonds. The molecule has 0 unspecified atom stereocenters. The van der Waals surface area contributed by atoms with Gasteiger partial charge in [-0.15, -0.1) is 0 Å². The van der Waals surface area contributed by atoms with Gasteiger partial charge < -0.3 is 10.0 Å². The van der Waals surface area contributed by atoms with Gasteiger partial charge in [0.25, 0.3) is 0 Å². The number of hydrogen-bond acceptors (Lipinski definition) is 2. The number of rotatable bonds is 2. The Morgan fingerprint density at radius 1 is 1.24 bits per heavy atom. The third kappa shape index (κ3) is 2.59. The van der Waals surface area contributed by atoms with E-state index in [2.05, 4.69) is 0 Å². The summed E-state index contributed by atoms with van der Waals surface area (Å²) in [5.74, 6) is 0.0749. The first kappa shape index (κ1) is 12.7. The molecule has 1 aromatic rings. The van der Waals surface area contributed by atoms with Gasteiger partial charge in [0, 0.05) is 5.46 Å². The van der Waals surface area contributed by atoms with Crippen molar-refractivity contribution in [2.45, 2.75) is 24.9 Å². The quantitative estimate of drug-likeness (QED) is 0.801. The van der Waals surface area contributed by atoms with Gasteiger partial charge in [-0.3, -0.25) is 0 Å². The van der Waals surface area contributed by atoms with Crippen LogP contribution in [0.2, 0.25) is 5.02 Å². The SMILES string of the molecule is OB(O)c1cc(C2CC2)cc(C(F)(F)F)c1Cl. The van der Waals surface area contributed by atoms with Crippen LogP contribution in [0, 0.1) is 0 Å². The summed E-state index contributed by atoms with van der Waals surface area (Å²) in [6.07, 6.45) is -2.95. The van der Waals surface area contributed by atoms with E-state index >= 15 is 0 Å². The lowest BCUT2D eigenvalue weighted by Crippen LogP contribution is -2.32. The Balaban J connectivity index is 2.57. The van der Waals surface area contributed by atoms with Crippen LogP contribution in [-0.2, 0) is 6.18 Å². The summed E-state index contributed by atoms with van der Waals surface area (Å²) in [6, 6.07) is 2.33. The first-order valence-corrected chi connectivity index (χ1v) is 5.45. The van der Waals surface area contributed by atoms with E-state index in [-0.39, 0.29) is 11.4 Å². The Morgan fingerprint density at radius 2 is 1.82 bits per heavy atom. The lowest BCUT2D eigenvalue weighted by atomic mass is 9.78. The van der Waals surface area contributed by atoms with Crippen molar-refractivity contribution in [2.24, 2.45) is 0 Å². The highest BCUT2D eigenvalue weighted by Gasteiger charge is 2.37. The van der Waals surface area contributed by atoms with Crippen molar-refractivity contribution in [3.05, 3.63) is 28.3 Å². The maximum atomic E-state index is 12.7. The molecule has 92 valence electrons. The van der Waals surface area contributed by atoms with Crippen molar-refractivity contribution in [3.63, 3.8) is 0 Å². The monoisotopic (exact) mass is 264 g/mol. The summed E-state index contributed by atoms with van der Waals surface area (Å²) in [7, 11) is -2.00. The molecule has 0 atom stereocenters. The molecule has 1 aromatic carbocycles. The third-order valence-electron chi connectivity index (χ3n) is 2.76. The van der Waals surface area contributed by atoms with Crippen LogP contribution >= 0.6 is 11.6 Å². The molecule has 17 heavy (non-hydrogen) atoms. The van der Waals surface area contributed by atoms with E-state index in [9.17, 15) is 13.2 Å². The summed E-state index contributed by atoms with van der Waals surface area (Å²) < 4.78 is 38.1. The molecule has 0 spiro atoms. The van der Waals surface area contributed by atoms with E-state index in [1.807, 2.05) is 0 Å². The Hall–Kier alpha value is -0.715. The molecular weight excluding hydrogens is 255 g/mol. The summed E-state index contributed by atoms with van der Waals surface area (Å²) in [5.41, 5.74) is -0.833. The molecule has 0 aliphatic heterocycles. The van der Waals surface area contributed by atoms with Gasteiger partial charge in [-0.05, 0) is 30.4 Å². The predicted molar refractivity (Wildman–Crippen MR) is 58.3 cm³/mol. The lowest BCUT2D eigenvalue weighted by Gasteiger charge is -2.14. The van der Waals surface area contributed by atoms with Crippen LogP contribution in [0.15, 0.2) is 12.1 Å². The third-order valence-corrected chi connectivity index (χ3v) is 3.18. The molecule has 1 saturated carbocycles. The van der Waals surface area contributed by atoms with Crippen molar-refractivity contribution in [1.29, 1.82) is 0 Å². The number of halogens is 4. The van der Waals surface area contributed by atoms with Crippen molar-refractivity contribution < 1.29 is 23.2 Å². The highest BCUT2D eigenvalue weighted by molar-refractivity contribution is 6.63. The van der Waals surface area contributed by atoms with Crippen LogP contribution in [0.4, 0.5) is 13.2 Å². The summed E-state index contributed by atoms with van der Waals surface area (Å²) in [5, 5.41) is 17.4. The highest BCUT2D eigenvalue weighted by atomic mass is 35.5. The predicted octanol–water partition coefficient (Wildman–Crippen LogP) is 1.92. The summed E-state index contributed by atoms with van der Waals surface area (Å²) >= 11 is 5.55. The molecule has 0 heterocycles. The van der Waals surface area contributed by atoms with E-state index < -0.39 is 23.9 Å². The minimum Gasteiger partial charge on any atom is -0.423 e. The molecule has 2 nitrogen and oxygen atoms in total. The van der Waals surface area contributed by atoms with Crippen molar-refractivity contribution in [3.8, 4) is 0 Å². The zero-order valence-electron chi connectivity index (χ0n) is 8.63. The van der Waals surface area contributed by atoms with Gasteiger partial charge in [0.15, 0.2) is 0 Å². The van der Waals surface area contributed by atoms with Crippen LogP contribution < -0.4 is 5.46 Å². The average molecular weight is 264 g/mol. The van der Waals surface area contributed by atoms with Crippen LogP contribution in [0.5, 0.6) is 0 Å². The van der Waals surface area contributed by atoms with Gasteiger partial charge in [0.1, 0.15) is 0 Å². The minimum absolute atomic E-state index is 0.0749. The van der Waals surface area contributed by atoms with Gasteiger partial charge in [-0.25, -0.2) is 0 Å². The van der Waals surface area contributed by atoms with E-state index in [1.165, 1.54) is 6.07 Å². The molecule has 2 rings (SSSR count). The molecule has 2 N–H and O–H groups in total. The second-order valence-electron chi connectivity index (χ2n) is 4.12. The van der Waals surface area contributed by atoms with Gasteiger partial charge in [-0.1, -0.05) is 17.7 Å². The van der Waals surface area contributed by atoms with E-state index in [1.54, 1.807) is 0 Å². The zero-order valence-corrected chi connectivity index (χ0v) is 9.39. The fourth-order valence-corrected chi connectivity index (χ4v) is 2.03. The maximum Gasteiger partial charge on any atom is 0.489 e. The largest absolute Gasteiger partial charge is 0.489 e. The number of hydrogen-bond donors (Lipinski definition) is 2. The smallest absolute Gasteiger partial charge is 0.423 e. The van der Waals surface area contributed by atoms with Crippen LogP contribution in [0.25, 0.3) is 0 Å². The normalized spacial score (nSPS) is 16.1. The van der Waals surface area contributed by atoms with E-state index in [0.29, 0.717) is 5.56 Å². The first-order valence-electron chi connectivity index (χ1n) is 5.07. The lowest BCUT2D eigenvalue weighted by molar-refractivity contribution is -0.137. The molecule has 1 aliphatic carbocycles. The fourth-order valence-electron chi connectivity index (χ4n) is 1.72. The van der Waals surface area contributed by atoms with Gasteiger partial charge in [-0.2, -0.15) is 13.2 Å². The first-order chi connectivity index (χ1) is 7.80. The highest BCUT2D eigenvalue weighted by Crippen LogP contribution is 2.43. The Morgan fingerprint density at radius 3 is 2.24 bits per heavy atom. The number of alkyl halides is 3. The molecule has 0 aromatic heterocycles. The van der Waals surface area contributed by atoms with E-state index in [0.717, 1.165) is 18.9 Å². The molecule has 1 aliphatic rings. The Kier molecular flexibility index (Phi) is 3.14. The minimum atomic E-state index is -4.59. The molecular formula is C10H9BClF3O2. The topological polar surface area (TPSA) is 40.5 Å². The van der Waals surface area contributed by atoms with Gasteiger partial charge >= 0.3 is 13.3 Å².